The van der Waals surface area contributed by atoms with Gasteiger partial charge in [-0.15, -0.1) is 0 Å². The molecule has 0 bridgehead atoms. The third-order valence-electron chi connectivity index (χ3n) is 4.43. The zero-order valence-corrected chi connectivity index (χ0v) is 12.2. The van der Waals surface area contributed by atoms with Gasteiger partial charge < -0.3 is 14.6 Å². The molecule has 1 aliphatic heterocycles. The SMILES string of the molecule is CC(C)[C@H](O)[C@@H](C)C(=O)[C@@H]1COC2(CCCCC2)O1. The van der Waals surface area contributed by atoms with E-state index in [0.29, 0.717) is 6.61 Å². The molecule has 4 nitrogen and oxygen atoms in total. The van der Waals surface area contributed by atoms with Crippen molar-refractivity contribution < 1.29 is 19.4 Å². The van der Waals surface area contributed by atoms with Gasteiger partial charge in [0.05, 0.1) is 12.7 Å². The van der Waals surface area contributed by atoms with Crippen LogP contribution in [0.4, 0.5) is 0 Å². The summed E-state index contributed by atoms with van der Waals surface area (Å²) in [5, 5.41) is 10.0. The van der Waals surface area contributed by atoms with Gasteiger partial charge in [0.1, 0.15) is 6.10 Å². The van der Waals surface area contributed by atoms with E-state index in [1.54, 1.807) is 6.92 Å². The maximum Gasteiger partial charge on any atom is 0.169 e. The van der Waals surface area contributed by atoms with Gasteiger partial charge in [-0.2, -0.15) is 0 Å². The van der Waals surface area contributed by atoms with Crippen molar-refractivity contribution in [3.05, 3.63) is 0 Å². The Bertz CT molecular complexity index is 320. The lowest BCUT2D eigenvalue weighted by molar-refractivity contribution is -0.190. The van der Waals surface area contributed by atoms with Crippen molar-refractivity contribution in [2.45, 2.75) is 70.9 Å². The Balaban J connectivity index is 1.94. The van der Waals surface area contributed by atoms with Gasteiger partial charge in [-0.05, 0) is 18.8 Å². The molecular weight excluding hydrogens is 244 g/mol. The van der Waals surface area contributed by atoms with Gasteiger partial charge in [0.25, 0.3) is 0 Å². The van der Waals surface area contributed by atoms with Gasteiger partial charge in [0.2, 0.25) is 0 Å². The van der Waals surface area contributed by atoms with Crippen molar-refractivity contribution in [2.24, 2.45) is 11.8 Å². The number of aliphatic hydroxyl groups is 1. The second kappa shape index (κ2) is 5.90. The van der Waals surface area contributed by atoms with E-state index in [9.17, 15) is 9.90 Å². The normalized spacial score (nSPS) is 29.6. The highest BCUT2D eigenvalue weighted by Gasteiger charge is 2.46. The van der Waals surface area contributed by atoms with Gasteiger partial charge in [-0.25, -0.2) is 0 Å². The second-order valence-corrected chi connectivity index (χ2v) is 6.31. The van der Waals surface area contributed by atoms with Crippen LogP contribution in [0.5, 0.6) is 0 Å². The van der Waals surface area contributed by atoms with Crippen molar-refractivity contribution in [1.29, 1.82) is 0 Å². The molecule has 1 N–H and O–H groups in total. The molecule has 0 unspecified atom stereocenters. The minimum absolute atomic E-state index is 0.0244. The molecule has 19 heavy (non-hydrogen) atoms. The third kappa shape index (κ3) is 3.18. The van der Waals surface area contributed by atoms with E-state index in [1.807, 2.05) is 13.8 Å². The molecule has 2 aliphatic rings. The highest BCUT2D eigenvalue weighted by Crippen LogP contribution is 2.38. The zero-order valence-electron chi connectivity index (χ0n) is 12.2. The van der Waals surface area contributed by atoms with E-state index in [2.05, 4.69) is 0 Å². The maximum absolute atomic E-state index is 12.4. The minimum atomic E-state index is -0.612. The highest BCUT2D eigenvalue weighted by atomic mass is 16.7. The summed E-state index contributed by atoms with van der Waals surface area (Å²) in [6, 6.07) is 0. The third-order valence-corrected chi connectivity index (χ3v) is 4.43. The number of aliphatic hydroxyl groups excluding tert-OH is 1. The molecule has 2 rings (SSSR count). The standard InChI is InChI=1S/C15H26O4/c1-10(2)13(16)11(3)14(17)12-9-18-15(19-12)7-5-4-6-8-15/h10-13,16H,4-9H2,1-3H3/t11-,12+,13+/m1/s1. The molecule has 1 heterocycles. The first kappa shape index (κ1) is 14.9. The summed E-state index contributed by atoms with van der Waals surface area (Å²) in [5.74, 6) is -0.859. The Labute approximate surface area is 115 Å². The van der Waals surface area contributed by atoms with Crippen molar-refractivity contribution >= 4 is 5.78 Å². The van der Waals surface area contributed by atoms with E-state index in [4.69, 9.17) is 9.47 Å². The molecule has 2 fully saturated rings. The van der Waals surface area contributed by atoms with E-state index in [1.165, 1.54) is 6.42 Å². The number of carbonyl (C=O) groups is 1. The van der Waals surface area contributed by atoms with E-state index in [0.717, 1.165) is 25.7 Å². The Morgan fingerprint density at radius 3 is 2.42 bits per heavy atom. The topological polar surface area (TPSA) is 55.8 Å². The van der Waals surface area contributed by atoms with Crippen LogP contribution in [0.2, 0.25) is 0 Å². The first-order valence-electron chi connectivity index (χ1n) is 7.49. The average molecular weight is 270 g/mol. The van der Waals surface area contributed by atoms with Crippen molar-refractivity contribution in [2.75, 3.05) is 6.61 Å². The fourth-order valence-corrected chi connectivity index (χ4v) is 3.09. The van der Waals surface area contributed by atoms with Crippen LogP contribution >= 0.6 is 0 Å². The number of carbonyl (C=O) groups excluding carboxylic acids is 1. The molecule has 0 aromatic heterocycles. The largest absolute Gasteiger partial charge is 0.392 e. The van der Waals surface area contributed by atoms with Crippen LogP contribution < -0.4 is 0 Å². The summed E-state index contributed by atoms with van der Waals surface area (Å²) < 4.78 is 11.7. The first-order chi connectivity index (χ1) is 8.95. The number of hydrogen-bond acceptors (Lipinski definition) is 4. The van der Waals surface area contributed by atoms with E-state index in [-0.39, 0.29) is 11.7 Å². The van der Waals surface area contributed by atoms with Crippen LogP contribution in [-0.4, -0.2) is 35.5 Å². The fraction of sp³-hybridized carbons (Fsp3) is 0.933. The predicted octanol–water partition coefficient (Wildman–Crippen LogP) is 2.28. The van der Waals surface area contributed by atoms with Crippen molar-refractivity contribution in [1.82, 2.24) is 0 Å². The molecule has 1 saturated heterocycles. The summed E-state index contributed by atoms with van der Waals surface area (Å²) in [5.41, 5.74) is 0. The van der Waals surface area contributed by atoms with Gasteiger partial charge in [-0.1, -0.05) is 27.2 Å². The second-order valence-electron chi connectivity index (χ2n) is 6.31. The monoisotopic (exact) mass is 270 g/mol. The van der Waals surface area contributed by atoms with Gasteiger partial charge in [0, 0.05) is 18.8 Å². The fourth-order valence-electron chi connectivity index (χ4n) is 3.09. The molecule has 0 aromatic carbocycles. The van der Waals surface area contributed by atoms with E-state index >= 15 is 0 Å². The van der Waals surface area contributed by atoms with Crippen LogP contribution in [0.1, 0.15) is 52.9 Å². The van der Waals surface area contributed by atoms with Gasteiger partial charge in [-0.3, -0.25) is 4.79 Å². The molecule has 1 aliphatic carbocycles. The Hall–Kier alpha value is -0.450. The average Bonchev–Trinajstić information content (AvgIpc) is 2.80. The molecule has 1 spiro atoms. The number of rotatable bonds is 4. The van der Waals surface area contributed by atoms with E-state index < -0.39 is 23.9 Å². The Morgan fingerprint density at radius 1 is 1.21 bits per heavy atom. The molecule has 0 amide bonds. The lowest BCUT2D eigenvalue weighted by Crippen LogP contribution is -2.39. The summed E-state index contributed by atoms with van der Waals surface area (Å²) >= 11 is 0. The van der Waals surface area contributed by atoms with Crippen LogP contribution in [0.3, 0.4) is 0 Å². The molecule has 1 saturated carbocycles. The minimum Gasteiger partial charge on any atom is -0.392 e. The number of ketones is 1. The van der Waals surface area contributed by atoms with Crippen molar-refractivity contribution in [3.63, 3.8) is 0 Å². The number of Topliss-reactive ketones (excluding diaryl/α,β-unsaturated/α-hetero) is 1. The molecule has 0 aromatic rings. The predicted molar refractivity (Wildman–Crippen MR) is 71.7 cm³/mol. The lowest BCUT2D eigenvalue weighted by atomic mass is 9.89. The summed E-state index contributed by atoms with van der Waals surface area (Å²) in [4.78, 5) is 12.4. The van der Waals surface area contributed by atoms with Crippen LogP contribution in [0.25, 0.3) is 0 Å². The smallest absolute Gasteiger partial charge is 0.169 e. The molecule has 3 atom stereocenters. The number of hydrogen-bond donors (Lipinski definition) is 1. The summed E-state index contributed by atoms with van der Waals surface area (Å²) in [6.45, 7) is 5.96. The van der Waals surface area contributed by atoms with Crippen LogP contribution in [0, 0.1) is 11.8 Å². The Kier molecular flexibility index (Phi) is 4.64. The quantitative estimate of drug-likeness (QED) is 0.851. The summed E-state index contributed by atoms with van der Waals surface area (Å²) in [7, 11) is 0. The molecular formula is C15H26O4. The maximum atomic E-state index is 12.4. The van der Waals surface area contributed by atoms with Gasteiger partial charge >= 0.3 is 0 Å². The zero-order chi connectivity index (χ0) is 14.0. The lowest BCUT2D eigenvalue weighted by Gasteiger charge is -2.32. The van der Waals surface area contributed by atoms with Crippen LogP contribution in [0.15, 0.2) is 0 Å². The Morgan fingerprint density at radius 2 is 1.84 bits per heavy atom. The molecule has 110 valence electrons. The molecule has 0 radical (unpaired) electrons. The van der Waals surface area contributed by atoms with Crippen molar-refractivity contribution in [3.8, 4) is 0 Å². The highest BCUT2D eigenvalue weighted by molar-refractivity contribution is 5.86. The van der Waals surface area contributed by atoms with Gasteiger partial charge in [0.15, 0.2) is 11.6 Å². The first-order valence-corrected chi connectivity index (χ1v) is 7.49. The number of ether oxygens (including phenoxy) is 2. The summed E-state index contributed by atoms with van der Waals surface area (Å²) in [6.07, 6.45) is 4.09. The molecule has 4 heteroatoms. The van der Waals surface area contributed by atoms with Crippen LogP contribution in [-0.2, 0) is 14.3 Å².